The van der Waals surface area contributed by atoms with Crippen molar-refractivity contribution in [2.45, 2.75) is 38.8 Å². The Morgan fingerprint density at radius 2 is 2.40 bits per heavy atom. The van der Waals surface area contributed by atoms with Crippen molar-refractivity contribution >= 4 is 11.3 Å². The van der Waals surface area contributed by atoms with E-state index in [0.717, 1.165) is 19.7 Å². The first-order valence-corrected chi connectivity index (χ1v) is 6.40. The van der Waals surface area contributed by atoms with Crippen LogP contribution in [0.3, 0.4) is 0 Å². The summed E-state index contributed by atoms with van der Waals surface area (Å²) in [4.78, 5) is 2.80. The van der Waals surface area contributed by atoms with Crippen LogP contribution < -0.4 is 5.32 Å². The van der Waals surface area contributed by atoms with Gasteiger partial charge in [0.15, 0.2) is 0 Å². The summed E-state index contributed by atoms with van der Waals surface area (Å²) in [6, 6.07) is 4.38. The summed E-state index contributed by atoms with van der Waals surface area (Å²) in [6.45, 7) is 7.21. The first-order valence-electron chi connectivity index (χ1n) is 5.58. The molecule has 2 nitrogen and oxygen atoms in total. The quantitative estimate of drug-likeness (QED) is 0.850. The maximum atomic E-state index is 5.72. The van der Waals surface area contributed by atoms with Gasteiger partial charge in [-0.1, -0.05) is 0 Å². The van der Waals surface area contributed by atoms with E-state index >= 15 is 0 Å². The molecular weight excluding hydrogens is 206 g/mol. The summed E-state index contributed by atoms with van der Waals surface area (Å²) in [7, 11) is 0. The van der Waals surface area contributed by atoms with Crippen molar-refractivity contribution < 1.29 is 4.74 Å². The van der Waals surface area contributed by atoms with Crippen LogP contribution in [-0.2, 0) is 11.3 Å². The van der Waals surface area contributed by atoms with Gasteiger partial charge in [-0.25, -0.2) is 0 Å². The lowest BCUT2D eigenvalue weighted by atomic mass is 10.0. The Kier molecular flexibility index (Phi) is 3.44. The number of rotatable bonds is 4. The summed E-state index contributed by atoms with van der Waals surface area (Å²) in [6.07, 6.45) is 2.39. The second-order valence-corrected chi connectivity index (χ2v) is 5.89. The Morgan fingerprint density at radius 3 is 3.00 bits per heavy atom. The minimum atomic E-state index is 0.0757. The Balaban J connectivity index is 1.75. The molecule has 1 atom stereocenters. The number of ether oxygens (including phenoxy) is 1. The smallest absolute Gasteiger partial charge is 0.0779 e. The zero-order chi connectivity index (χ0) is 10.7. The molecule has 1 aromatic rings. The van der Waals surface area contributed by atoms with Crippen LogP contribution in [0.1, 0.15) is 29.5 Å². The molecule has 1 aliphatic rings. The highest BCUT2D eigenvalue weighted by Crippen LogP contribution is 2.24. The first-order chi connectivity index (χ1) is 7.18. The van der Waals surface area contributed by atoms with E-state index in [1.54, 1.807) is 0 Å². The summed E-state index contributed by atoms with van der Waals surface area (Å²) in [5.41, 5.74) is 0.0757. The van der Waals surface area contributed by atoms with Gasteiger partial charge in [0, 0.05) is 29.5 Å². The maximum absolute atomic E-state index is 5.72. The average Bonchev–Trinajstić information content (AvgIpc) is 2.76. The number of nitrogens with one attached hydrogen (secondary N) is 1. The van der Waals surface area contributed by atoms with Gasteiger partial charge < -0.3 is 10.1 Å². The first kappa shape index (κ1) is 11.1. The Morgan fingerprint density at radius 1 is 1.53 bits per heavy atom. The van der Waals surface area contributed by atoms with Crippen molar-refractivity contribution in [3.8, 4) is 0 Å². The molecule has 2 heterocycles. The minimum Gasteiger partial charge on any atom is -0.374 e. The summed E-state index contributed by atoms with van der Waals surface area (Å²) in [5, 5.41) is 3.48. The standard InChI is InChI=1S/C12H19NOS/c1-10-4-5-11(15-10)8-13-9-12(2)6-3-7-14-12/h4-5,13H,3,6-9H2,1-2H3. The molecule has 0 aromatic carbocycles. The van der Waals surface area contributed by atoms with Crippen LogP contribution in [-0.4, -0.2) is 18.8 Å². The van der Waals surface area contributed by atoms with E-state index < -0.39 is 0 Å². The van der Waals surface area contributed by atoms with Crippen LogP contribution in [0.5, 0.6) is 0 Å². The molecule has 15 heavy (non-hydrogen) atoms. The van der Waals surface area contributed by atoms with Crippen molar-refractivity contribution in [3.63, 3.8) is 0 Å². The molecule has 1 unspecified atom stereocenters. The van der Waals surface area contributed by atoms with Crippen molar-refractivity contribution in [1.29, 1.82) is 0 Å². The van der Waals surface area contributed by atoms with Crippen molar-refractivity contribution in [3.05, 3.63) is 21.9 Å². The molecule has 1 aromatic heterocycles. The topological polar surface area (TPSA) is 21.3 Å². The fourth-order valence-corrected chi connectivity index (χ4v) is 2.87. The predicted octanol–water partition coefficient (Wildman–Crippen LogP) is 2.72. The molecule has 0 spiro atoms. The molecule has 1 saturated heterocycles. The molecule has 2 rings (SSSR count). The zero-order valence-electron chi connectivity index (χ0n) is 9.51. The highest BCUT2D eigenvalue weighted by molar-refractivity contribution is 7.11. The molecule has 3 heteroatoms. The molecule has 84 valence electrons. The van der Waals surface area contributed by atoms with Crippen molar-refractivity contribution in [2.24, 2.45) is 0 Å². The number of hydrogen-bond acceptors (Lipinski definition) is 3. The molecule has 1 N–H and O–H groups in total. The fourth-order valence-electron chi connectivity index (χ4n) is 2.01. The van der Waals surface area contributed by atoms with Gasteiger partial charge in [-0.3, -0.25) is 0 Å². The van der Waals surface area contributed by atoms with E-state index in [4.69, 9.17) is 4.74 Å². The van der Waals surface area contributed by atoms with Crippen LogP contribution in [0.4, 0.5) is 0 Å². The van der Waals surface area contributed by atoms with E-state index in [1.807, 2.05) is 11.3 Å². The van der Waals surface area contributed by atoms with Crippen molar-refractivity contribution in [1.82, 2.24) is 5.32 Å². The molecule has 1 aliphatic heterocycles. The molecule has 0 radical (unpaired) electrons. The lowest BCUT2D eigenvalue weighted by molar-refractivity contribution is 0.0207. The third-order valence-corrected chi connectivity index (χ3v) is 3.90. The van der Waals surface area contributed by atoms with Gasteiger partial charge >= 0.3 is 0 Å². The summed E-state index contributed by atoms with van der Waals surface area (Å²) in [5.74, 6) is 0. The molecule has 1 fully saturated rings. The van der Waals surface area contributed by atoms with Gasteiger partial charge in [0.05, 0.1) is 5.60 Å². The molecule has 0 amide bonds. The van der Waals surface area contributed by atoms with Crippen molar-refractivity contribution in [2.75, 3.05) is 13.2 Å². The fraction of sp³-hybridized carbons (Fsp3) is 0.667. The van der Waals surface area contributed by atoms with Gasteiger partial charge in [0.2, 0.25) is 0 Å². The second-order valence-electron chi connectivity index (χ2n) is 4.52. The van der Waals surface area contributed by atoms with Crippen LogP contribution in [0.2, 0.25) is 0 Å². The van der Waals surface area contributed by atoms with Crippen LogP contribution in [0.25, 0.3) is 0 Å². The Hall–Kier alpha value is -0.380. The monoisotopic (exact) mass is 225 g/mol. The average molecular weight is 225 g/mol. The predicted molar refractivity (Wildman–Crippen MR) is 64.4 cm³/mol. The highest BCUT2D eigenvalue weighted by atomic mass is 32.1. The van der Waals surface area contributed by atoms with E-state index in [2.05, 4.69) is 31.3 Å². The highest BCUT2D eigenvalue weighted by Gasteiger charge is 2.28. The molecule has 0 aliphatic carbocycles. The molecule has 0 saturated carbocycles. The number of hydrogen-bond donors (Lipinski definition) is 1. The summed E-state index contributed by atoms with van der Waals surface area (Å²) >= 11 is 1.87. The zero-order valence-corrected chi connectivity index (χ0v) is 10.3. The van der Waals surface area contributed by atoms with E-state index in [-0.39, 0.29) is 5.60 Å². The van der Waals surface area contributed by atoms with E-state index in [1.165, 1.54) is 22.6 Å². The molecule has 0 bridgehead atoms. The Labute approximate surface area is 95.6 Å². The van der Waals surface area contributed by atoms with E-state index in [0.29, 0.717) is 0 Å². The van der Waals surface area contributed by atoms with Crippen LogP contribution in [0.15, 0.2) is 12.1 Å². The Bertz CT molecular complexity index is 315. The van der Waals surface area contributed by atoms with E-state index in [9.17, 15) is 0 Å². The van der Waals surface area contributed by atoms with Gasteiger partial charge in [0.1, 0.15) is 0 Å². The number of aryl methyl sites for hydroxylation is 1. The van der Waals surface area contributed by atoms with Gasteiger partial charge in [-0.2, -0.15) is 0 Å². The normalized spacial score (nSPS) is 26.0. The third-order valence-electron chi connectivity index (χ3n) is 2.89. The second kappa shape index (κ2) is 4.64. The SMILES string of the molecule is Cc1ccc(CNCC2(C)CCCO2)s1. The largest absolute Gasteiger partial charge is 0.374 e. The summed E-state index contributed by atoms with van der Waals surface area (Å²) < 4.78 is 5.72. The molecular formula is C12H19NOS. The maximum Gasteiger partial charge on any atom is 0.0779 e. The minimum absolute atomic E-state index is 0.0757. The van der Waals surface area contributed by atoms with Gasteiger partial charge in [-0.15, -0.1) is 11.3 Å². The lowest BCUT2D eigenvalue weighted by Gasteiger charge is -2.23. The van der Waals surface area contributed by atoms with Gasteiger partial charge in [-0.05, 0) is 38.8 Å². The number of thiophene rings is 1. The van der Waals surface area contributed by atoms with Crippen LogP contribution >= 0.6 is 11.3 Å². The third kappa shape index (κ3) is 3.03. The van der Waals surface area contributed by atoms with Crippen LogP contribution in [0, 0.1) is 6.92 Å². The van der Waals surface area contributed by atoms with Gasteiger partial charge in [0.25, 0.3) is 0 Å². The lowest BCUT2D eigenvalue weighted by Crippen LogP contribution is -2.36.